The lowest BCUT2D eigenvalue weighted by Crippen LogP contribution is -2.06. The van der Waals surface area contributed by atoms with Crippen molar-refractivity contribution < 1.29 is 4.79 Å². The molecule has 52 valence electrons. The summed E-state index contributed by atoms with van der Waals surface area (Å²) in [6.45, 7) is 0. The van der Waals surface area contributed by atoms with Crippen molar-refractivity contribution in [1.82, 2.24) is 4.98 Å². The van der Waals surface area contributed by atoms with E-state index in [1.165, 1.54) is 6.07 Å². The van der Waals surface area contributed by atoms with Crippen molar-refractivity contribution in [3.05, 3.63) is 34.2 Å². The maximum Gasteiger partial charge on any atom is 0.248 e. The number of pyridine rings is 1. The normalized spacial score (nSPS) is 9.20. The zero-order valence-electron chi connectivity index (χ0n) is 5.33. The van der Waals surface area contributed by atoms with E-state index < -0.39 is 0 Å². The molecule has 0 aromatic carbocycles. The van der Waals surface area contributed by atoms with Gasteiger partial charge in [-0.25, -0.2) is 0 Å². The van der Waals surface area contributed by atoms with Gasteiger partial charge in [-0.3, -0.25) is 4.79 Å². The maximum atomic E-state index is 10.6. The van der Waals surface area contributed by atoms with Crippen LogP contribution in [-0.4, -0.2) is 11.3 Å². The quantitative estimate of drug-likeness (QED) is 0.588. The molecule has 0 atom stereocenters. The van der Waals surface area contributed by atoms with Gasteiger partial charge in [-0.15, -0.1) is 0 Å². The third-order valence-electron chi connectivity index (χ3n) is 1.13. The van der Waals surface area contributed by atoms with Gasteiger partial charge in [0, 0.05) is 18.2 Å². The monoisotopic (exact) mass is 137 g/mol. The molecule has 0 amide bonds. The summed E-state index contributed by atoms with van der Waals surface area (Å²) in [5.41, 5.74) is 0.488. The largest absolute Gasteiger partial charge is 0.326 e. The average Bonchev–Trinajstić information content (AvgIpc) is 1.88. The SMILES string of the molecule is O=CCc1cccc(=O)[nH]1. The van der Waals surface area contributed by atoms with Gasteiger partial charge in [-0.05, 0) is 6.07 Å². The second kappa shape index (κ2) is 2.96. The molecule has 0 fully saturated rings. The van der Waals surface area contributed by atoms with Crippen molar-refractivity contribution in [3.8, 4) is 0 Å². The average molecular weight is 137 g/mol. The van der Waals surface area contributed by atoms with Crippen LogP contribution in [0.2, 0.25) is 0 Å². The van der Waals surface area contributed by atoms with Gasteiger partial charge in [0.05, 0.1) is 0 Å². The van der Waals surface area contributed by atoms with E-state index in [0.29, 0.717) is 5.69 Å². The molecule has 10 heavy (non-hydrogen) atoms. The molecule has 0 saturated heterocycles. The van der Waals surface area contributed by atoms with Gasteiger partial charge in [0.1, 0.15) is 6.29 Å². The molecule has 3 heteroatoms. The molecule has 0 unspecified atom stereocenters. The Balaban J connectivity index is 2.95. The fraction of sp³-hybridized carbons (Fsp3) is 0.143. The van der Waals surface area contributed by atoms with E-state index >= 15 is 0 Å². The van der Waals surface area contributed by atoms with Gasteiger partial charge in [0.25, 0.3) is 0 Å². The Morgan fingerprint density at radius 1 is 1.50 bits per heavy atom. The molecule has 1 aromatic heterocycles. The van der Waals surface area contributed by atoms with Crippen LogP contribution in [0.3, 0.4) is 0 Å². The smallest absolute Gasteiger partial charge is 0.248 e. The Morgan fingerprint density at radius 2 is 2.30 bits per heavy atom. The molecule has 1 heterocycles. The predicted octanol–water partition coefficient (Wildman–Crippen LogP) is 0.116. The van der Waals surface area contributed by atoms with Crippen LogP contribution in [0.25, 0.3) is 0 Å². The molecular formula is C7H7NO2. The third-order valence-corrected chi connectivity index (χ3v) is 1.13. The number of nitrogens with one attached hydrogen (secondary N) is 1. The standard InChI is InChI=1S/C7H7NO2/c9-5-4-6-2-1-3-7(10)8-6/h1-3,5H,4H2,(H,8,10). The van der Waals surface area contributed by atoms with Crippen molar-refractivity contribution in [3.63, 3.8) is 0 Å². The number of aldehydes is 1. The fourth-order valence-corrected chi connectivity index (χ4v) is 0.702. The highest BCUT2D eigenvalue weighted by Crippen LogP contribution is 1.87. The molecule has 0 saturated carbocycles. The summed E-state index contributed by atoms with van der Waals surface area (Å²) < 4.78 is 0. The van der Waals surface area contributed by atoms with E-state index in [2.05, 4.69) is 4.98 Å². The zero-order chi connectivity index (χ0) is 7.40. The lowest BCUT2D eigenvalue weighted by Gasteiger charge is -1.90. The van der Waals surface area contributed by atoms with Crippen LogP contribution in [0, 0.1) is 0 Å². The van der Waals surface area contributed by atoms with E-state index in [0.717, 1.165) is 6.29 Å². The van der Waals surface area contributed by atoms with Gasteiger partial charge in [-0.1, -0.05) is 6.07 Å². The number of aromatic amines is 1. The van der Waals surface area contributed by atoms with Gasteiger partial charge >= 0.3 is 0 Å². The number of H-pyrrole nitrogens is 1. The molecule has 1 N–H and O–H groups in total. The summed E-state index contributed by atoms with van der Waals surface area (Å²) in [6.07, 6.45) is 1.03. The summed E-state index contributed by atoms with van der Waals surface area (Å²) in [5, 5.41) is 0. The molecule has 0 radical (unpaired) electrons. The first kappa shape index (κ1) is 6.74. The molecule has 3 nitrogen and oxygen atoms in total. The number of hydrogen-bond acceptors (Lipinski definition) is 2. The highest BCUT2D eigenvalue weighted by molar-refractivity contribution is 5.53. The highest BCUT2D eigenvalue weighted by Gasteiger charge is 1.88. The molecule has 1 rings (SSSR count). The van der Waals surface area contributed by atoms with E-state index in [-0.39, 0.29) is 12.0 Å². The Kier molecular flexibility index (Phi) is 1.99. The van der Waals surface area contributed by atoms with Crippen LogP contribution in [0.4, 0.5) is 0 Å². The number of carbonyl (C=O) groups excluding carboxylic acids is 1. The molecule has 0 aliphatic heterocycles. The topological polar surface area (TPSA) is 49.9 Å². The third kappa shape index (κ3) is 1.55. The van der Waals surface area contributed by atoms with E-state index in [1.807, 2.05) is 0 Å². The first-order valence-electron chi connectivity index (χ1n) is 2.95. The Hall–Kier alpha value is -1.38. The molecule has 0 bridgehead atoms. The van der Waals surface area contributed by atoms with Crippen LogP contribution in [0.15, 0.2) is 23.0 Å². The van der Waals surface area contributed by atoms with E-state index in [4.69, 9.17) is 0 Å². The number of rotatable bonds is 2. The Morgan fingerprint density at radius 3 is 2.90 bits per heavy atom. The zero-order valence-corrected chi connectivity index (χ0v) is 5.33. The second-order valence-corrected chi connectivity index (χ2v) is 1.91. The molecular weight excluding hydrogens is 130 g/mol. The van der Waals surface area contributed by atoms with Crippen LogP contribution < -0.4 is 5.56 Å². The number of aromatic nitrogens is 1. The van der Waals surface area contributed by atoms with E-state index in [1.54, 1.807) is 12.1 Å². The van der Waals surface area contributed by atoms with Crippen LogP contribution in [0.1, 0.15) is 5.69 Å². The second-order valence-electron chi connectivity index (χ2n) is 1.91. The predicted molar refractivity (Wildman–Crippen MR) is 36.8 cm³/mol. The number of carbonyl (C=O) groups is 1. The molecule has 0 spiro atoms. The lowest BCUT2D eigenvalue weighted by atomic mass is 10.3. The minimum atomic E-state index is -0.167. The minimum absolute atomic E-state index is 0.167. The first-order valence-corrected chi connectivity index (χ1v) is 2.95. The van der Waals surface area contributed by atoms with E-state index in [9.17, 15) is 9.59 Å². The summed E-state index contributed by atoms with van der Waals surface area (Å²) in [6, 6.07) is 4.74. The summed E-state index contributed by atoms with van der Waals surface area (Å²) >= 11 is 0. The van der Waals surface area contributed by atoms with Gasteiger partial charge < -0.3 is 9.78 Å². The van der Waals surface area contributed by atoms with Crippen molar-refractivity contribution in [2.75, 3.05) is 0 Å². The van der Waals surface area contributed by atoms with Crippen LogP contribution in [-0.2, 0) is 11.2 Å². The summed E-state index contributed by atoms with van der Waals surface area (Å²) in [7, 11) is 0. The maximum absolute atomic E-state index is 10.6. The number of hydrogen-bond donors (Lipinski definition) is 1. The summed E-state index contributed by atoms with van der Waals surface area (Å²) in [4.78, 5) is 23.1. The molecule has 1 aromatic rings. The van der Waals surface area contributed by atoms with Gasteiger partial charge in [0.2, 0.25) is 5.56 Å². The molecule has 0 aliphatic rings. The Labute approximate surface area is 57.7 Å². The summed E-state index contributed by atoms with van der Waals surface area (Å²) in [5.74, 6) is 0. The first-order chi connectivity index (χ1) is 4.83. The fourth-order valence-electron chi connectivity index (χ4n) is 0.702. The van der Waals surface area contributed by atoms with Crippen LogP contribution >= 0.6 is 0 Å². The minimum Gasteiger partial charge on any atom is -0.326 e. The van der Waals surface area contributed by atoms with Crippen molar-refractivity contribution in [1.29, 1.82) is 0 Å². The van der Waals surface area contributed by atoms with Gasteiger partial charge in [-0.2, -0.15) is 0 Å². The van der Waals surface area contributed by atoms with Crippen LogP contribution in [0.5, 0.6) is 0 Å². The van der Waals surface area contributed by atoms with Gasteiger partial charge in [0.15, 0.2) is 0 Å². The Bertz CT molecular complexity index is 277. The van der Waals surface area contributed by atoms with Crippen molar-refractivity contribution in [2.45, 2.75) is 6.42 Å². The molecule has 0 aliphatic carbocycles. The van der Waals surface area contributed by atoms with Crippen molar-refractivity contribution >= 4 is 6.29 Å². The lowest BCUT2D eigenvalue weighted by molar-refractivity contribution is -0.107. The highest BCUT2D eigenvalue weighted by atomic mass is 16.1. The van der Waals surface area contributed by atoms with Crippen molar-refractivity contribution in [2.24, 2.45) is 0 Å².